The summed E-state index contributed by atoms with van der Waals surface area (Å²) in [5.74, 6) is 0.189. The Balaban J connectivity index is 2.49. The van der Waals surface area contributed by atoms with Crippen LogP contribution in [0.5, 0.6) is 0 Å². The van der Waals surface area contributed by atoms with E-state index in [1.165, 1.54) is 18.2 Å². The normalized spacial score (nSPS) is 12.9. The Morgan fingerprint density at radius 3 is 2.56 bits per heavy atom. The molecule has 0 heterocycles. The zero-order valence-electron chi connectivity index (χ0n) is 13.5. The molecule has 6 nitrogen and oxygen atoms in total. The molecule has 1 aromatic carbocycles. The molecule has 3 N–H and O–H groups in total. The largest absolute Gasteiger partial charge is 0.390 e. The summed E-state index contributed by atoms with van der Waals surface area (Å²) in [5, 5.41) is 5.84. The van der Waals surface area contributed by atoms with E-state index in [2.05, 4.69) is 20.3 Å². The van der Waals surface area contributed by atoms with E-state index in [-0.39, 0.29) is 23.9 Å². The maximum atomic E-state index is 12.1. The van der Waals surface area contributed by atoms with Gasteiger partial charge in [-0.1, -0.05) is 17.7 Å². The Labute approximate surface area is 149 Å². The minimum absolute atomic E-state index is 0.0263. The second kappa shape index (κ2) is 9.83. The lowest BCUT2D eigenvalue weighted by Crippen LogP contribution is -2.41. The van der Waals surface area contributed by atoms with Crippen molar-refractivity contribution in [1.29, 1.82) is 0 Å². The number of aliphatic imine (C=N–C) groups is 1. The molecule has 0 saturated heterocycles. The highest BCUT2D eigenvalue weighted by molar-refractivity contribution is 7.89. The SMILES string of the molecule is CCNC(=NCCC(F)(F)F)NCCNS(=O)(=O)c1cccc(Cl)c1. The summed E-state index contributed by atoms with van der Waals surface area (Å²) < 4.78 is 62.9. The standard InChI is InChI=1S/C14H20ClF3N4O2S/c1-2-19-13(20-7-6-14(16,17)18)21-8-9-22-25(23,24)12-5-3-4-11(15)10-12/h3-5,10,22H,2,6-9H2,1H3,(H2,19,20,21). The van der Waals surface area contributed by atoms with Crippen molar-refractivity contribution in [3.63, 3.8) is 0 Å². The summed E-state index contributed by atoms with van der Waals surface area (Å²) >= 11 is 5.76. The molecular formula is C14H20ClF3N4O2S. The fraction of sp³-hybridized carbons (Fsp3) is 0.500. The summed E-state index contributed by atoms with van der Waals surface area (Å²) in [6, 6.07) is 5.80. The molecular weight excluding hydrogens is 381 g/mol. The Kier molecular flexibility index (Phi) is 8.46. The average Bonchev–Trinajstić information content (AvgIpc) is 2.50. The van der Waals surface area contributed by atoms with Gasteiger partial charge in [-0.3, -0.25) is 4.99 Å². The van der Waals surface area contributed by atoms with E-state index in [1.54, 1.807) is 13.0 Å². The van der Waals surface area contributed by atoms with Crippen LogP contribution in [0.4, 0.5) is 13.2 Å². The highest BCUT2D eigenvalue weighted by Gasteiger charge is 2.26. The Hall–Kier alpha value is -1.52. The lowest BCUT2D eigenvalue weighted by molar-refractivity contribution is -0.132. The van der Waals surface area contributed by atoms with Crippen molar-refractivity contribution in [3.8, 4) is 0 Å². The van der Waals surface area contributed by atoms with Crippen molar-refractivity contribution < 1.29 is 21.6 Å². The zero-order valence-corrected chi connectivity index (χ0v) is 15.1. The van der Waals surface area contributed by atoms with Gasteiger partial charge in [-0.25, -0.2) is 13.1 Å². The van der Waals surface area contributed by atoms with Crippen molar-refractivity contribution in [2.45, 2.75) is 24.4 Å². The maximum Gasteiger partial charge on any atom is 0.390 e. The molecule has 0 unspecified atom stereocenters. The number of nitrogens with one attached hydrogen (secondary N) is 3. The monoisotopic (exact) mass is 400 g/mol. The van der Waals surface area contributed by atoms with E-state index in [0.29, 0.717) is 11.6 Å². The summed E-state index contributed by atoms with van der Waals surface area (Å²) in [6.45, 7) is 2.00. The molecule has 1 aromatic rings. The number of sulfonamides is 1. The van der Waals surface area contributed by atoms with Crippen molar-refractivity contribution in [2.24, 2.45) is 4.99 Å². The summed E-state index contributed by atoms with van der Waals surface area (Å²) in [7, 11) is -3.71. The van der Waals surface area contributed by atoms with Gasteiger partial charge in [-0.2, -0.15) is 13.2 Å². The van der Waals surface area contributed by atoms with Crippen LogP contribution in [0, 0.1) is 0 Å². The molecule has 0 atom stereocenters. The molecule has 0 amide bonds. The van der Waals surface area contributed by atoms with Crippen molar-refractivity contribution in [1.82, 2.24) is 15.4 Å². The van der Waals surface area contributed by atoms with Crippen LogP contribution in [-0.2, 0) is 10.0 Å². The van der Waals surface area contributed by atoms with E-state index < -0.39 is 29.2 Å². The van der Waals surface area contributed by atoms with Crippen molar-refractivity contribution in [3.05, 3.63) is 29.3 Å². The Bertz CT molecular complexity index is 681. The maximum absolute atomic E-state index is 12.1. The molecule has 142 valence electrons. The highest BCUT2D eigenvalue weighted by atomic mass is 35.5. The van der Waals surface area contributed by atoms with Crippen LogP contribution in [0.3, 0.4) is 0 Å². The topological polar surface area (TPSA) is 82.6 Å². The van der Waals surface area contributed by atoms with Crippen LogP contribution in [-0.4, -0.2) is 46.7 Å². The van der Waals surface area contributed by atoms with Crippen LogP contribution >= 0.6 is 11.6 Å². The van der Waals surface area contributed by atoms with Gasteiger partial charge in [0.2, 0.25) is 10.0 Å². The number of halogens is 4. The van der Waals surface area contributed by atoms with Crippen LogP contribution in [0.1, 0.15) is 13.3 Å². The van der Waals surface area contributed by atoms with E-state index in [0.717, 1.165) is 0 Å². The number of guanidine groups is 1. The first-order valence-corrected chi connectivity index (χ1v) is 9.34. The van der Waals surface area contributed by atoms with Crippen LogP contribution < -0.4 is 15.4 Å². The van der Waals surface area contributed by atoms with Gasteiger partial charge in [0.15, 0.2) is 5.96 Å². The number of rotatable bonds is 8. The Morgan fingerprint density at radius 1 is 1.24 bits per heavy atom. The van der Waals surface area contributed by atoms with Gasteiger partial charge in [-0.15, -0.1) is 0 Å². The third-order valence-electron chi connectivity index (χ3n) is 2.83. The van der Waals surface area contributed by atoms with Gasteiger partial charge < -0.3 is 10.6 Å². The van der Waals surface area contributed by atoms with Gasteiger partial charge in [-0.05, 0) is 25.1 Å². The minimum Gasteiger partial charge on any atom is -0.357 e. The smallest absolute Gasteiger partial charge is 0.357 e. The number of hydrogen-bond acceptors (Lipinski definition) is 3. The second-order valence-corrected chi connectivity index (χ2v) is 7.11. The third-order valence-corrected chi connectivity index (χ3v) is 4.52. The zero-order chi connectivity index (χ0) is 18.9. The van der Waals surface area contributed by atoms with E-state index in [1.807, 2.05) is 0 Å². The lowest BCUT2D eigenvalue weighted by atomic mass is 10.4. The predicted octanol–water partition coefficient (Wildman–Crippen LogP) is 2.13. The number of nitrogens with zero attached hydrogens (tertiary/aromatic N) is 1. The fourth-order valence-electron chi connectivity index (χ4n) is 1.72. The quantitative estimate of drug-likeness (QED) is 0.354. The number of alkyl halides is 3. The van der Waals surface area contributed by atoms with E-state index >= 15 is 0 Å². The first kappa shape index (κ1) is 21.5. The molecule has 11 heteroatoms. The van der Waals surface area contributed by atoms with Gasteiger partial charge >= 0.3 is 6.18 Å². The predicted molar refractivity (Wildman–Crippen MR) is 91.3 cm³/mol. The van der Waals surface area contributed by atoms with Crippen molar-refractivity contribution in [2.75, 3.05) is 26.2 Å². The van der Waals surface area contributed by atoms with Crippen LogP contribution in [0.25, 0.3) is 0 Å². The number of hydrogen-bond donors (Lipinski definition) is 3. The fourth-order valence-corrected chi connectivity index (χ4v) is 3.05. The minimum atomic E-state index is -4.27. The summed E-state index contributed by atoms with van der Waals surface area (Å²) in [6.07, 6.45) is -5.29. The molecule has 0 aromatic heterocycles. The van der Waals surface area contributed by atoms with E-state index in [4.69, 9.17) is 11.6 Å². The molecule has 0 radical (unpaired) electrons. The molecule has 0 spiro atoms. The van der Waals surface area contributed by atoms with Gasteiger partial charge in [0.05, 0.1) is 17.9 Å². The van der Waals surface area contributed by atoms with Crippen LogP contribution in [0.2, 0.25) is 5.02 Å². The lowest BCUT2D eigenvalue weighted by Gasteiger charge is -2.12. The van der Waals surface area contributed by atoms with Crippen LogP contribution in [0.15, 0.2) is 34.2 Å². The second-order valence-electron chi connectivity index (χ2n) is 4.91. The summed E-state index contributed by atoms with van der Waals surface area (Å²) in [5.41, 5.74) is 0. The molecule has 0 aliphatic rings. The molecule has 0 fully saturated rings. The summed E-state index contributed by atoms with van der Waals surface area (Å²) in [4.78, 5) is 3.82. The molecule has 25 heavy (non-hydrogen) atoms. The molecule has 0 saturated carbocycles. The van der Waals surface area contributed by atoms with Gasteiger partial charge in [0.1, 0.15) is 0 Å². The van der Waals surface area contributed by atoms with E-state index in [9.17, 15) is 21.6 Å². The third kappa shape index (κ3) is 8.94. The van der Waals surface area contributed by atoms with Crippen molar-refractivity contribution >= 4 is 27.6 Å². The Morgan fingerprint density at radius 2 is 1.96 bits per heavy atom. The first-order chi connectivity index (χ1) is 11.6. The molecule has 0 bridgehead atoms. The van der Waals surface area contributed by atoms with Gasteiger partial charge in [0.25, 0.3) is 0 Å². The first-order valence-electron chi connectivity index (χ1n) is 7.48. The molecule has 1 rings (SSSR count). The highest BCUT2D eigenvalue weighted by Crippen LogP contribution is 2.18. The number of benzene rings is 1. The molecule has 0 aliphatic heterocycles. The van der Waals surface area contributed by atoms with Gasteiger partial charge in [0, 0.05) is 24.7 Å². The molecule has 0 aliphatic carbocycles. The average molecular weight is 401 g/mol.